The molecule has 6 heteroatoms. The lowest BCUT2D eigenvalue weighted by atomic mass is 9.63. The predicted octanol–water partition coefficient (Wildman–Crippen LogP) is 3.63. The van der Waals surface area contributed by atoms with Crippen molar-refractivity contribution >= 4 is 12.1 Å². The molecule has 0 spiro atoms. The molecule has 2 unspecified atom stereocenters. The quantitative estimate of drug-likeness (QED) is 0.514. The number of rotatable bonds is 6. The highest BCUT2D eigenvalue weighted by atomic mass is 16.3. The summed E-state index contributed by atoms with van der Waals surface area (Å²) in [5.41, 5.74) is 0.879. The van der Waals surface area contributed by atoms with Gasteiger partial charge >= 0.3 is 6.03 Å². The van der Waals surface area contributed by atoms with E-state index >= 15 is 0 Å². The molecule has 28 heavy (non-hydrogen) atoms. The fourth-order valence-corrected chi connectivity index (χ4v) is 4.45. The summed E-state index contributed by atoms with van der Waals surface area (Å²) in [6.45, 7) is 10.9. The first kappa shape index (κ1) is 22.1. The molecule has 0 radical (unpaired) electrons. The van der Waals surface area contributed by atoms with E-state index in [9.17, 15) is 14.7 Å². The zero-order chi connectivity index (χ0) is 21.0. The molecule has 154 valence electrons. The van der Waals surface area contributed by atoms with Crippen LogP contribution in [0.2, 0.25) is 0 Å². The number of urea groups is 1. The second-order valence-corrected chi connectivity index (χ2v) is 9.73. The largest absolute Gasteiger partial charge is 0.386 e. The van der Waals surface area contributed by atoms with Crippen LogP contribution < -0.4 is 10.6 Å². The van der Waals surface area contributed by atoms with Crippen LogP contribution in [-0.4, -0.2) is 29.8 Å². The van der Waals surface area contributed by atoms with Gasteiger partial charge in [-0.1, -0.05) is 45.0 Å². The van der Waals surface area contributed by atoms with E-state index in [4.69, 9.17) is 0 Å². The molecule has 0 bridgehead atoms. The van der Waals surface area contributed by atoms with Gasteiger partial charge in [0.15, 0.2) is 0 Å². The Balaban J connectivity index is 1.86. The smallest absolute Gasteiger partial charge is 0.315 e. The summed E-state index contributed by atoms with van der Waals surface area (Å²) in [7, 11) is 0. The molecule has 6 nitrogen and oxygen atoms in total. The summed E-state index contributed by atoms with van der Waals surface area (Å²) in [6.07, 6.45) is 4.28. The zero-order valence-corrected chi connectivity index (χ0v) is 17.6. The second kappa shape index (κ2) is 8.46. The van der Waals surface area contributed by atoms with Crippen LogP contribution in [0.5, 0.6) is 0 Å². The van der Waals surface area contributed by atoms with Gasteiger partial charge < -0.3 is 15.7 Å². The maximum Gasteiger partial charge on any atom is 0.315 e. The maximum absolute atomic E-state index is 12.2. The lowest BCUT2D eigenvalue weighted by Gasteiger charge is -2.45. The van der Waals surface area contributed by atoms with E-state index in [1.54, 1.807) is 19.9 Å². The number of amides is 2. The molecule has 0 aliphatic heterocycles. The van der Waals surface area contributed by atoms with Crippen molar-refractivity contribution < 1.29 is 14.7 Å². The van der Waals surface area contributed by atoms with Crippen molar-refractivity contribution in [3.05, 3.63) is 35.4 Å². The minimum atomic E-state index is -0.877. The van der Waals surface area contributed by atoms with E-state index in [0.29, 0.717) is 13.1 Å². The molecule has 3 N–H and O–H groups in total. The lowest BCUT2D eigenvalue weighted by Crippen LogP contribution is -2.46. The number of hydrogen-bond acceptors (Lipinski definition) is 4. The topological polar surface area (TPSA) is 90.8 Å². The number of carbonyl (C=O) groups excluding carboxylic acids is 2. The third-order valence-corrected chi connectivity index (χ3v) is 5.45. The van der Waals surface area contributed by atoms with Crippen LogP contribution >= 0.6 is 0 Å². The molecule has 1 aliphatic carbocycles. The van der Waals surface area contributed by atoms with Crippen LogP contribution in [0.3, 0.4) is 0 Å². The molecular weight excluding hydrogens is 354 g/mol. The van der Waals surface area contributed by atoms with Crippen molar-refractivity contribution in [1.82, 2.24) is 10.6 Å². The first-order valence-corrected chi connectivity index (χ1v) is 9.83. The summed E-state index contributed by atoms with van der Waals surface area (Å²) in [5, 5.41) is 15.8. The molecule has 0 saturated heterocycles. The Morgan fingerprint density at radius 1 is 1.21 bits per heavy atom. The highest BCUT2D eigenvalue weighted by molar-refractivity contribution is 5.73. The molecule has 2 rings (SSSR count). The van der Waals surface area contributed by atoms with Crippen molar-refractivity contribution in [1.29, 1.82) is 0 Å². The van der Waals surface area contributed by atoms with E-state index in [1.807, 2.05) is 24.3 Å². The van der Waals surface area contributed by atoms with Gasteiger partial charge in [-0.2, -0.15) is 0 Å². The number of isocyanates is 1. The van der Waals surface area contributed by atoms with E-state index in [2.05, 4.69) is 36.4 Å². The van der Waals surface area contributed by atoms with Gasteiger partial charge in [-0.25, -0.2) is 14.6 Å². The van der Waals surface area contributed by atoms with Crippen molar-refractivity contribution in [2.75, 3.05) is 6.54 Å². The average Bonchev–Trinajstić information content (AvgIpc) is 2.56. The van der Waals surface area contributed by atoms with E-state index in [0.717, 1.165) is 30.4 Å². The standard InChI is InChI=1S/C22H33N3O3/c1-20(2)10-18(25-15-26)11-22(5,13-20)14-24-19(27)23-12-16-6-8-17(9-7-16)21(3,4)28/h6-9,18,28H,10-14H2,1-5H3,(H2,23,24,27). The molecule has 1 aliphatic rings. The molecule has 2 atom stereocenters. The van der Waals surface area contributed by atoms with Gasteiger partial charge in [0.25, 0.3) is 0 Å². The van der Waals surface area contributed by atoms with Crippen LogP contribution in [0.25, 0.3) is 0 Å². The zero-order valence-electron chi connectivity index (χ0n) is 17.6. The minimum absolute atomic E-state index is 0.0367. The van der Waals surface area contributed by atoms with Gasteiger partial charge in [0, 0.05) is 13.1 Å². The Morgan fingerprint density at radius 3 is 2.43 bits per heavy atom. The highest BCUT2D eigenvalue weighted by Crippen LogP contribution is 2.46. The van der Waals surface area contributed by atoms with E-state index < -0.39 is 5.60 Å². The Bertz CT molecular complexity index is 730. The van der Waals surface area contributed by atoms with Crippen LogP contribution in [0, 0.1) is 10.8 Å². The van der Waals surface area contributed by atoms with Crippen molar-refractivity contribution in [2.45, 2.75) is 72.1 Å². The molecule has 1 aromatic rings. The van der Waals surface area contributed by atoms with Crippen molar-refractivity contribution in [2.24, 2.45) is 15.8 Å². The molecule has 1 aromatic carbocycles. The van der Waals surface area contributed by atoms with Crippen LogP contribution in [0.4, 0.5) is 4.79 Å². The minimum Gasteiger partial charge on any atom is -0.386 e. The average molecular weight is 388 g/mol. The van der Waals surface area contributed by atoms with E-state index in [-0.39, 0.29) is 22.9 Å². The van der Waals surface area contributed by atoms with Crippen LogP contribution in [0.15, 0.2) is 29.3 Å². The molecule has 2 amide bonds. The van der Waals surface area contributed by atoms with Crippen molar-refractivity contribution in [3.8, 4) is 0 Å². The number of benzene rings is 1. The van der Waals surface area contributed by atoms with Gasteiger partial charge in [0.05, 0.1) is 11.6 Å². The number of hydrogen-bond donors (Lipinski definition) is 3. The Labute approximate surface area is 167 Å². The van der Waals surface area contributed by atoms with Gasteiger partial charge in [0.1, 0.15) is 0 Å². The van der Waals surface area contributed by atoms with Crippen molar-refractivity contribution in [3.63, 3.8) is 0 Å². The molecule has 0 aromatic heterocycles. The number of aliphatic hydroxyl groups is 1. The lowest BCUT2D eigenvalue weighted by molar-refractivity contribution is 0.0786. The number of nitrogens with zero attached hydrogens (tertiary/aromatic N) is 1. The molecule has 0 heterocycles. The summed E-state index contributed by atoms with van der Waals surface area (Å²) >= 11 is 0. The fourth-order valence-electron chi connectivity index (χ4n) is 4.45. The number of aliphatic imine (C=N–C) groups is 1. The predicted molar refractivity (Wildman–Crippen MR) is 110 cm³/mol. The van der Waals surface area contributed by atoms with Crippen LogP contribution in [-0.2, 0) is 16.9 Å². The fraction of sp³-hybridized carbons (Fsp3) is 0.636. The Morgan fingerprint density at radius 2 is 1.86 bits per heavy atom. The van der Waals surface area contributed by atoms with Gasteiger partial charge in [-0.05, 0) is 55.1 Å². The molecule has 1 fully saturated rings. The molecular formula is C22H33N3O3. The number of nitrogens with one attached hydrogen (secondary N) is 2. The maximum atomic E-state index is 12.2. The Hall–Kier alpha value is -2.17. The third kappa shape index (κ3) is 6.47. The first-order chi connectivity index (χ1) is 12.9. The first-order valence-electron chi connectivity index (χ1n) is 9.83. The normalized spacial score (nSPS) is 24.1. The highest BCUT2D eigenvalue weighted by Gasteiger charge is 2.41. The van der Waals surface area contributed by atoms with Gasteiger partial charge in [-0.15, -0.1) is 0 Å². The third-order valence-electron chi connectivity index (χ3n) is 5.45. The van der Waals surface area contributed by atoms with Gasteiger partial charge in [-0.3, -0.25) is 0 Å². The van der Waals surface area contributed by atoms with Gasteiger partial charge in [0.2, 0.25) is 6.08 Å². The monoisotopic (exact) mass is 387 g/mol. The van der Waals surface area contributed by atoms with E-state index in [1.165, 1.54) is 0 Å². The summed E-state index contributed by atoms with van der Waals surface area (Å²) in [4.78, 5) is 26.9. The SMILES string of the molecule is CC1(C)CC(N=C=O)CC(C)(CNC(=O)NCc2ccc(C(C)(C)O)cc2)C1. The molecule has 1 saturated carbocycles. The number of carbonyl (C=O) groups is 1. The summed E-state index contributed by atoms with van der Waals surface area (Å²) in [5.74, 6) is 0. The second-order valence-electron chi connectivity index (χ2n) is 9.73. The Kier molecular flexibility index (Phi) is 6.68. The summed E-state index contributed by atoms with van der Waals surface area (Å²) in [6, 6.07) is 7.29. The van der Waals surface area contributed by atoms with Crippen LogP contribution in [0.1, 0.15) is 65.0 Å². The summed E-state index contributed by atoms with van der Waals surface area (Å²) < 4.78 is 0.